The Kier molecular flexibility index (Phi) is 8.80. The standard InChI is InChI=1S/C26H25N2.C12H10N.Ir/c1-4-5-16-27-18-28(25-13-9-8-12-24(25)27)19-14-15-21-20-10-6-7-11-22(20)26(2,3)23(21)17-19;1-10-7-8-12(13-9-10)11-5-3-2-4-6-11;/h6-13,15,17H,4-5,16H2,1-3H3;2-5,7-9H,1H3;/q+1;-1;. The second-order valence-electron chi connectivity index (χ2n) is 11.2. The van der Waals surface area contributed by atoms with E-state index in [1.807, 2.05) is 43.5 Å². The van der Waals surface area contributed by atoms with Crippen LogP contribution >= 0.6 is 0 Å². The van der Waals surface area contributed by atoms with Crippen LogP contribution < -0.4 is 4.58 Å². The Balaban J connectivity index is 0.000000212. The Hall–Kier alpha value is -3.94. The van der Waals surface area contributed by atoms with E-state index in [2.05, 4.69) is 120 Å². The van der Waals surface area contributed by atoms with Crippen LogP contribution in [0.25, 0.3) is 22.4 Å². The number of aryl methyl sites for hydroxylation is 1. The minimum atomic E-state index is -0.00306. The molecule has 211 valence electrons. The number of nitrogens with zero attached hydrogens (tertiary/aromatic N) is 3. The monoisotopic (exact) mass is 726 g/mol. The summed E-state index contributed by atoms with van der Waals surface area (Å²) in [5.74, 6) is 0. The zero-order valence-electron chi connectivity index (χ0n) is 24.6. The first kappa shape index (κ1) is 29.5. The summed E-state index contributed by atoms with van der Waals surface area (Å²) in [6.07, 6.45) is 4.21. The van der Waals surface area contributed by atoms with Crippen LogP contribution in [-0.2, 0) is 25.5 Å². The molecule has 0 bridgehead atoms. The average Bonchev–Trinajstić information content (AvgIpc) is 3.49. The van der Waals surface area contributed by atoms with Crippen LogP contribution in [-0.4, -0.2) is 22.1 Å². The van der Waals surface area contributed by atoms with Gasteiger partial charge < -0.3 is 4.98 Å². The topological polar surface area (TPSA) is 18.9 Å². The summed E-state index contributed by atoms with van der Waals surface area (Å²) in [6, 6.07) is 44.0. The van der Waals surface area contributed by atoms with Crippen molar-refractivity contribution >= 4 is 23.1 Å². The van der Waals surface area contributed by atoms with E-state index in [1.54, 1.807) is 0 Å². The molecule has 0 unspecified atom stereocenters. The molecule has 2 aliphatic rings. The second kappa shape index (κ2) is 12.5. The van der Waals surface area contributed by atoms with Crippen molar-refractivity contribution < 1.29 is 24.7 Å². The van der Waals surface area contributed by atoms with Gasteiger partial charge in [0.1, 0.15) is 5.69 Å². The van der Waals surface area contributed by atoms with Crippen molar-refractivity contribution in [2.45, 2.75) is 46.0 Å². The van der Waals surface area contributed by atoms with Crippen molar-refractivity contribution in [1.82, 2.24) is 9.56 Å². The molecule has 7 rings (SSSR count). The Bertz CT molecular complexity index is 1780. The van der Waals surface area contributed by atoms with Gasteiger partial charge in [-0.15, -0.1) is 53.1 Å². The SMILES string of the molecule is CCCC[N+]1=C=[N+](c2[c-]cc3c(c2)C(C)(C)c2ccccc2-3)c2ccccc21.Cc1ccc(-c2[c-]cccc2)nc1.[Ir]. The van der Waals surface area contributed by atoms with E-state index in [0.717, 1.165) is 29.9 Å². The van der Waals surface area contributed by atoms with E-state index in [1.165, 1.54) is 45.6 Å². The summed E-state index contributed by atoms with van der Waals surface area (Å²) in [5, 5.41) is 0. The number of benzene rings is 4. The van der Waals surface area contributed by atoms with E-state index in [9.17, 15) is 0 Å². The molecule has 0 saturated carbocycles. The third-order valence-corrected chi connectivity index (χ3v) is 8.01. The third-order valence-electron chi connectivity index (χ3n) is 8.01. The van der Waals surface area contributed by atoms with Gasteiger partial charge in [-0.2, -0.15) is 6.07 Å². The number of aromatic nitrogens is 1. The minimum absolute atomic E-state index is 0. The Morgan fingerprint density at radius 2 is 1.60 bits per heavy atom. The number of unbranched alkanes of at least 4 members (excludes halogenated alkanes) is 1. The number of pyridine rings is 1. The van der Waals surface area contributed by atoms with Crippen LogP contribution in [0.3, 0.4) is 0 Å². The van der Waals surface area contributed by atoms with Crippen LogP contribution in [0.4, 0.5) is 17.1 Å². The number of fused-ring (bicyclic) bond motifs is 4. The third kappa shape index (κ3) is 5.59. The summed E-state index contributed by atoms with van der Waals surface area (Å²) in [6.45, 7) is 9.89. The van der Waals surface area contributed by atoms with Gasteiger partial charge in [-0.1, -0.05) is 96.5 Å². The van der Waals surface area contributed by atoms with Crippen LogP contribution in [0.15, 0.2) is 103 Å². The molecule has 4 heteroatoms. The van der Waals surface area contributed by atoms with Gasteiger partial charge in [-0.3, -0.25) is 0 Å². The molecule has 2 heterocycles. The molecule has 0 amide bonds. The second-order valence-corrected chi connectivity index (χ2v) is 11.2. The minimum Gasteiger partial charge on any atom is -0.304 e. The van der Waals surface area contributed by atoms with Crippen LogP contribution in [0.1, 0.15) is 50.3 Å². The average molecular weight is 726 g/mol. The predicted octanol–water partition coefficient (Wildman–Crippen LogP) is 9.11. The first-order chi connectivity index (χ1) is 20.0. The molecule has 3 nitrogen and oxygen atoms in total. The molecule has 1 aromatic heterocycles. The summed E-state index contributed by atoms with van der Waals surface area (Å²) >= 11 is 0. The van der Waals surface area contributed by atoms with Gasteiger partial charge in [0.05, 0.1) is 0 Å². The van der Waals surface area contributed by atoms with Gasteiger partial charge in [0.25, 0.3) is 11.4 Å². The Morgan fingerprint density at radius 3 is 2.33 bits per heavy atom. The van der Waals surface area contributed by atoms with Gasteiger partial charge in [0, 0.05) is 44.9 Å². The van der Waals surface area contributed by atoms with Gasteiger partial charge in [0.15, 0.2) is 6.54 Å². The van der Waals surface area contributed by atoms with E-state index >= 15 is 0 Å². The maximum Gasteiger partial charge on any atom is 0.494 e. The molecule has 0 saturated heterocycles. The van der Waals surface area contributed by atoms with Crippen molar-refractivity contribution in [3.05, 3.63) is 132 Å². The summed E-state index contributed by atoms with van der Waals surface area (Å²) in [5.41, 5.74) is 12.1. The van der Waals surface area contributed by atoms with Crippen molar-refractivity contribution in [2.24, 2.45) is 0 Å². The fraction of sp³-hybridized carbons (Fsp3) is 0.211. The normalized spacial score (nSPS) is 13.4. The van der Waals surface area contributed by atoms with Gasteiger partial charge in [0.2, 0.25) is 0 Å². The molecule has 4 aromatic carbocycles. The van der Waals surface area contributed by atoms with Crippen LogP contribution in [0, 0.1) is 19.1 Å². The first-order valence-electron chi connectivity index (χ1n) is 14.5. The number of hydrogen-bond acceptors (Lipinski definition) is 1. The van der Waals surface area contributed by atoms with E-state index < -0.39 is 0 Å². The molecule has 42 heavy (non-hydrogen) atoms. The first-order valence-corrected chi connectivity index (χ1v) is 14.5. The summed E-state index contributed by atoms with van der Waals surface area (Å²) in [4.78, 5) is 4.32. The fourth-order valence-corrected chi connectivity index (χ4v) is 5.72. The molecule has 1 aliphatic carbocycles. The maximum atomic E-state index is 4.32. The van der Waals surface area contributed by atoms with Gasteiger partial charge in [-0.05, 0) is 29.2 Å². The number of para-hydroxylation sites is 2. The Labute approximate surface area is 263 Å². The molecule has 0 spiro atoms. The van der Waals surface area contributed by atoms with E-state index in [0.29, 0.717) is 0 Å². The summed E-state index contributed by atoms with van der Waals surface area (Å²) < 4.78 is 4.42. The van der Waals surface area contributed by atoms with Crippen LogP contribution in [0.2, 0.25) is 0 Å². The van der Waals surface area contributed by atoms with Crippen molar-refractivity contribution in [3.63, 3.8) is 0 Å². The van der Waals surface area contributed by atoms with Gasteiger partial charge in [-0.25, -0.2) is 0 Å². The molecule has 1 radical (unpaired) electrons. The molecule has 5 aromatic rings. The van der Waals surface area contributed by atoms with Crippen molar-refractivity contribution in [3.8, 4) is 22.4 Å². The molecule has 0 N–H and O–H groups in total. The molecular weight excluding hydrogens is 691 g/mol. The number of hydrogen-bond donors (Lipinski definition) is 0. The molecular formula is C38H35IrN3. The fourth-order valence-electron chi connectivity index (χ4n) is 5.72. The largest absolute Gasteiger partial charge is 0.494 e. The summed E-state index contributed by atoms with van der Waals surface area (Å²) in [7, 11) is 0. The maximum absolute atomic E-state index is 4.32. The smallest absolute Gasteiger partial charge is 0.304 e. The van der Waals surface area contributed by atoms with Crippen molar-refractivity contribution in [1.29, 1.82) is 0 Å². The Morgan fingerprint density at radius 1 is 0.833 bits per heavy atom. The predicted molar refractivity (Wildman–Crippen MR) is 169 cm³/mol. The van der Waals surface area contributed by atoms with E-state index in [-0.39, 0.29) is 25.5 Å². The van der Waals surface area contributed by atoms with Crippen LogP contribution in [0.5, 0.6) is 0 Å². The molecule has 0 fully saturated rings. The van der Waals surface area contributed by atoms with Crippen molar-refractivity contribution in [2.75, 3.05) is 6.54 Å². The molecule has 1 aliphatic heterocycles. The van der Waals surface area contributed by atoms with E-state index in [4.69, 9.17) is 0 Å². The zero-order chi connectivity index (χ0) is 28.4. The number of rotatable bonds is 5. The molecule has 0 atom stereocenters. The quantitative estimate of drug-likeness (QED) is 0.131. The zero-order valence-corrected chi connectivity index (χ0v) is 27.0. The van der Waals surface area contributed by atoms with Gasteiger partial charge >= 0.3 is 6.01 Å².